The van der Waals surface area contributed by atoms with Crippen LogP contribution in [-0.4, -0.2) is 47.2 Å². The zero-order valence-electron chi connectivity index (χ0n) is 13.2. The summed E-state index contributed by atoms with van der Waals surface area (Å²) in [6.07, 6.45) is 1.48. The lowest BCUT2D eigenvalue weighted by Gasteiger charge is -2.27. The largest absolute Gasteiger partial charge is 0.390 e. The number of aliphatic hydroxyl groups excluding tert-OH is 1. The van der Waals surface area contributed by atoms with Crippen molar-refractivity contribution in [1.82, 2.24) is 0 Å². The zero-order valence-corrected chi connectivity index (χ0v) is 13.2. The van der Waals surface area contributed by atoms with Gasteiger partial charge in [0.25, 0.3) is 0 Å². The number of rotatable bonds is 5. The molecule has 5 heteroatoms. The Morgan fingerprint density at radius 2 is 1.57 bits per heavy atom. The maximum atomic E-state index is 10.3. The molecule has 0 radical (unpaired) electrons. The van der Waals surface area contributed by atoms with E-state index >= 15 is 0 Å². The maximum Gasteiger partial charge on any atom is 0.164 e. The van der Waals surface area contributed by atoms with E-state index in [2.05, 4.69) is 13.2 Å². The first-order chi connectivity index (χ1) is 9.69. The van der Waals surface area contributed by atoms with Gasteiger partial charge in [-0.15, -0.1) is 13.2 Å². The Morgan fingerprint density at radius 1 is 1.00 bits per heavy atom. The predicted octanol–water partition coefficient (Wildman–Crippen LogP) is 2.15. The molecule has 0 amide bonds. The van der Waals surface area contributed by atoms with E-state index in [1.54, 1.807) is 12.2 Å². The Labute approximate surface area is 126 Å². The van der Waals surface area contributed by atoms with E-state index in [1.165, 1.54) is 0 Å². The monoisotopic (exact) mass is 298 g/mol. The van der Waals surface area contributed by atoms with Gasteiger partial charge in [0.1, 0.15) is 24.4 Å². The van der Waals surface area contributed by atoms with Gasteiger partial charge < -0.3 is 24.1 Å². The van der Waals surface area contributed by atoms with Crippen molar-refractivity contribution in [2.75, 3.05) is 0 Å². The van der Waals surface area contributed by atoms with Crippen LogP contribution >= 0.6 is 0 Å². The molecule has 120 valence electrons. The van der Waals surface area contributed by atoms with Crippen LogP contribution in [0.3, 0.4) is 0 Å². The van der Waals surface area contributed by atoms with E-state index in [9.17, 15) is 5.11 Å². The minimum absolute atomic E-state index is 0.305. The second kappa shape index (κ2) is 5.82. The fraction of sp³-hybridized carbons (Fsp3) is 0.750. The average Bonchev–Trinajstić information content (AvgIpc) is 2.85. The molecular weight excluding hydrogens is 272 g/mol. The SMILES string of the molecule is C=CC[C@@H](O)[C@@H]1OC(C)(C)O[C@@H]1[C@@H]1OC(C)(C)O[C@@H]1C=C. The summed E-state index contributed by atoms with van der Waals surface area (Å²) in [6, 6.07) is 0. The third-order valence-electron chi connectivity index (χ3n) is 3.67. The van der Waals surface area contributed by atoms with Gasteiger partial charge in [0, 0.05) is 0 Å². The Bertz CT molecular complexity index is 403. The highest BCUT2D eigenvalue weighted by Gasteiger charge is 2.54. The Kier molecular flexibility index (Phi) is 4.61. The number of hydrogen-bond donors (Lipinski definition) is 1. The maximum absolute atomic E-state index is 10.3. The van der Waals surface area contributed by atoms with E-state index in [-0.39, 0.29) is 12.2 Å². The van der Waals surface area contributed by atoms with Crippen molar-refractivity contribution in [2.24, 2.45) is 0 Å². The van der Waals surface area contributed by atoms with Crippen molar-refractivity contribution in [1.29, 1.82) is 0 Å². The Hall–Kier alpha value is -0.720. The minimum Gasteiger partial charge on any atom is -0.390 e. The van der Waals surface area contributed by atoms with Crippen molar-refractivity contribution < 1.29 is 24.1 Å². The van der Waals surface area contributed by atoms with Crippen LogP contribution in [0.15, 0.2) is 25.3 Å². The molecule has 0 unspecified atom stereocenters. The molecule has 0 bridgehead atoms. The average molecular weight is 298 g/mol. The minimum atomic E-state index is -0.778. The highest BCUT2D eigenvalue weighted by atomic mass is 16.8. The Morgan fingerprint density at radius 3 is 2.14 bits per heavy atom. The molecule has 2 aliphatic heterocycles. The molecule has 2 aliphatic rings. The molecule has 0 aliphatic carbocycles. The fourth-order valence-corrected chi connectivity index (χ4v) is 2.93. The lowest BCUT2D eigenvalue weighted by Crippen LogP contribution is -2.46. The summed E-state index contributed by atoms with van der Waals surface area (Å²) in [6.45, 7) is 14.8. The van der Waals surface area contributed by atoms with Crippen LogP contribution < -0.4 is 0 Å². The zero-order chi connectivity index (χ0) is 15.8. The molecular formula is C16H26O5. The highest BCUT2D eigenvalue weighted by Crippen LogP contribution is 2.39. The molecule has 5 atom stereocenters. The summed E-state index contributed by atoms with van der Waals surface area (Å²) < 4.78 is 23.6. The van der Waals surface area contributed by atoms with Crippen LogP contribution in [0.25, 0.3) is 0 Å². The molecule has 0 aromatic rings. The summed E-state index contributed by atoms with van der Waals surface area (Å²) in [5.41, 5.74) is 0. The molecule has 2 fully saturated rings. The summed E-state index contributed by atoms with van der Waals surface area (Å²) in [7, 11) is 0. The van der Waals surface area contributed by atoms with Gasteiger partial charge >= 0.3 is 0 Å². The second-order valence-corrected chi connectivity index (χ2v) is 6.46. The van der Waals surface area contributed by atoms with Crippen LogP contribution in [-0.2, 0) is 18.9 Å². The molecule has 0 spiro atoms. The van der Waals surface area contributed by atoms with Crippen molar-refractivity contribution in [3.8, 4) is 0 Å². The predicted molar refractivity (Wildman–Crippen MR) is 78.7 cm³/mol. The fourth-order valence-electron chi connectivity index (χ4n) is 2.93. The van der Waals surface area contributed by atoms with Gasteiger partial charge in [0.05, 0.1) is 6.10 Å². The first kappa shape index (κ1) is 16.6. The van der Waals surface area contributed by atoms with Crippen LogP contribution in [0.2, 0.25) is 0 Å². The normalized spacial score (nSPS) is 39.1. The van der Waals surface area contributed by atoms with Crippen molar-refractivity contribution >= 4 is 0 Å². The first-order valence-corrected chi connectivity index (χ1v) is 7.32. The van der Waals surface area contributed by atoms with Gasteiger partial charge in [-0.2, -0.15) is 0 Å². The summed E-state index contributed by atoms with van der Waals surface area (Å²) >= 11 is 0. The topological polar surface area (TPSA) is 57.2 Å². The lowest BCUT2D eigenvalue weighted by atomic mass is 9.98. The molecule has 2 heterocycles. The van der Waals surface area contributed by atoms with Crippen molar-refractivity contribution in [2.45, 2.75) is 76.2 Å². The third-order valence-corrected chi connectivity index (χ3v) is 3.67. The van der Waals surface area contributed by atoms with E-state index in [0.717, 1.165) is 0 Å². The molecule has 0 saturated carbocycles. The van der Waals surface area contributed by atoms with Gasteiger partial charge in [0.2, 0.25) is 0 Å². The second-order valence-electron chi connectivity index (χ2n) is 6.46. The molecule has 1 N–H and O–H groups in total. The molecule has 0 aromatic carbocycles. The van der Waals surface area contributed by atoms with Gasteiger partial charge in [-0.25, -0.2) is 0 Å². The molecule has 5 nitrogen and oxygen atoms in total. The number of aliphatic hydroxyl groups is 1. The third kappa shape index (κ3) is 3.55. The lowest BCUT2D eigenvalue weighted by molar-refractivity contribution is -0.175. The van der Waals surface area contributed by atoms with Crippen LogP contribution in [0.1, 0.15) is 34.1 Å². The van der Waals surface area contributed by atoms with Gasteiger partial charge in [-0.1, -0.05) is 12.2 Å². The van der Waals surface area contributed by atoms with Gasteiger partial charge in [-0.05, 0) is 34.1 Å². The number of hydrogen-bond acceptors (Lipinski definition) is 5. The van der Waals surface area contributed by atoms with E-state index in [0.29, 0.717) is 6.42 Å². The summed E-state index contributed by atoms with van der Waals surface area (Å²) in [4.78, 5) is 0. The van der Waals surface area contributed by atoms with Gasteiger partial charge in [0.15, 0.2) is 11.6 Å². The molecule has 21 heavy (non-hydrogen) atoms. The van der Waals surface area contributed by atoms with Crippen LogP contribution in [0.4, 0.5) is 0 Å². The summed E-state index contributed by atoms with van der Waals surface area (Å²) in [5.74, 6) is -1.49. The smallest absolute Gasteiger partial charge is 0.164 e. The molecule has 0 aromatic heterocycles. The quantitative estimate of drug-likeness (QED) is 0.788. The molecule has 2 rings (SSSR count). The van der Waals surface area contributed by atoms with Crippen LogP contribution in [0.5, 0.6) is 0 Å². The Balaban J connectivity index is 2.22. The standard InChI is InChI=1S/C16H26O5/c1-7-9-10(17)12-14(21-16(5,6)19-12)13-11(8-2)18-15(3,4)20-13/h7-8,10-14,17H,1-2,9H2,3-6H3/t10-,11-,12+,13-,14+/m1/s1. The molecule has 2 saturated heterocycles. The highest BCUT2D eigenvalue weighted by molar-refractivity contribution is 5.03. The summed E-state index contributed by atoms with van der Waals surface area (Å²) in [5, 5.41) is 10.3. The number of ether oxygens (including phenoxy) is 4. The van der Waals surface area contributed by atoms with E-state index in [1.807, 2.05) is 27.7 Å². The van der Waals surface area contributed by atoms with Crippen molar-refractivity contribution in [3.63, 3.8) is 0 Å². The first-order valence-electron chi connectivity index (χ1n) is 7.32. The van der Waals surface area contributed by atoms with Crippen LogP contribution in [0, 0.1) is 0 Å². The van der Waals surface area contributed by atoms with E-state index in [4.69, 9.17) is 18.9 Å². The van der Waals surface area contributed by atoms with E-state index < -0.39 is 29.9 Å². The van der Waals surface area contributed by atoms with Gasteiger partial charge in [-0.3, -0.25) is 0 Å². The van der Waals surface area contributed by atoms with Crippen molar-refractivity contribution in [3.05, 3.63) is 25.3 Å².